The highest BCUT2D eigenvalue weighted by Gasteiger charge is 2.14. The summed E-state index contributed by atoms with van der Waals surface area (Å²) < 4.78 is 0.828. The Morgan fingerprint density at radius 1 is 1.17 bits per heavy atom. The van der Waals surface area contributed by atoms with Gasteiger partial charge in [0.1, 0.15) is 0 Å². The Labute approximate surface area is 128 Å². The Hall–Kier alpha value is 0.0800. The molecule has 2 unspecified atom stereocenters. The second kappa shape index (κ2) is 7.62. The number of hydrogen-bond acceptors (Lipinski definition) is 1. The monoisotopic (exact) mass is 351 g/mol. The Bertz CT molecular complexity index is 396. The molecule has 0 aromatic heterocycles. The Morgan fingerprint density at radius 3 is 2.39 bits per heavy atom. The third-order valence-electron chi connectivity index (χ3n) is 3.27. The smallest absolute Gasteiger partial charge is 0.0835 e. The minimum atomic E-state index is 0.440. The van der Waals surface area contributed by atoms with Gasteiger partial charge in [-0.15, -0.1) is 0 Å². The van der Waals surface area contributed by atoms with Crippen LogP contribution in [-0.2, 0) is 0 Å². The summed E-state index contributed by atoms with van der Waals surface area (Å²) in [6.07, 6.45) is 3.43. The zero-order valence-electron chi connectivity index (χ0n) is 11.1. The molecule has 1 aromatic carbocycles. The van der Waals surface area contributed by atoms with Gasteiger partial charge in [0, 0.05) is 10.5 Å². The lowest BCUT2D eigenvalue weighted by Gasteiger charge is -2.22. The van der Waals surface area contributed by atoms with Crippen LogP contribution < -0.4 is 5.32 Å². The van der Waals surface area contributed by atoms with Gasteiger partial charge in [-0.1, -0.05) is 50.4 Å². The fourth-order valence-corrected chi connectivity index (χ4v) is 2.67. The summed E-state index contributed by atoms with van der Waals surface area (Å²) in [7, 11) is 0. The molecule has 0 aliphatic heterocycles. The van der Waals surface area contributed by atoms with Gasteiger partial charge in [0.05, 0.1) is 15.7 Å². The van der Waals surface area contributed by atoms with Crippen molar-refractivity contribution in [3.8, 4) is 0 Å². The van der Waals surface area contributed by atoms with Crippen LogP contribution in [0.25, 0.3) is 0 Å². The average molecular weight is 353 g/mol. The first-order valence-corrected chi connectivity index (χ1v) is 7.94. The molecule has 18 heavy (non-hydrogen) atoms. The molecule has 0 aliphatic rings. The highest BCUT2D eigenvalue weighted by Crippen LogP contribution is 2.36. The molecule has 0 saturated carbocycles. The zero-order valence-corrected chi connectivity index (χ0v) is 14.2. The van der Waals surface area contributed by atoms with Gasteiger partial charge in [0.2, 0.25) is 0 Å². The van der Waals surface area contributed by atoms with Crippen molar-refractivity contribution >= 4 is 44.8 Å². The molecule has 0 aliphatic carbocycles. The number of halogens is 3. The first-order valence-electron chi connectivity index (χ1n) is 6.39. The van der Waals surface area contributed by atoms with E-state index in [0.717, 1.165) is 23.0 Å². The predicted molar refractivity (Wildman–Crippen MR) is 85.9 cm³/mol. The third-order valence-corrected chi connectivity index (χ3v) is 5.04. The van der Waals surface area contributed by atoms with E-state index in [2.05, 4.69) is 42.0 Å². The van der Waals surface area contributed by atoms with Crippen molar-refractivity contribution in [1.29, 1.82) is 0 Å². The van der Waals surface area contributed by atoms with E-state index in [0.29, 0.717) is 22.0 Å². The maximum absolute atomic E-state index is 6.25. The normalized spacial score (nSPS) is 14.3. The van der Waals surface area contributed by atoms with E-state index < -0.39 is 0 Å². The molecule has 1 nitrogen and oxygen atoms in total. The molecule has 102 valence electrons. The van der Waals surface area contributed by atoms with E-state index in [1.807, 2.05) is 12.1 Å². The zero-order chi connectivity index (χ0) is 13.7. The number of nitrogens with one attached hydrogen (secondary N) is 1. The molecular formula is C14H20BrCl2N. The predicted octanol–water partition coefficient (Wildman–Crippen LogP) is 6.38. The maximum Gasteiger partial charge on any atom is 0.0835 e. The van der Waals surface area contributed by atoms with Crippen LogP contribution in [0, 0.1) is 5.92 Å². The first kappa shape index (κ1) is 16.1. The standard InChI is InChI=1S/C14H20BrCl2N/c1-4-9(3)8-10(5-2)18-12-7-6-11(15)13(16)14(12)17/h6-7,9-10,18H,4-5,8H2,1-3H3. The van der Waals surface area contributed by atoms with Crippen LogP contribution in [0.15, 0.2) is 16.6 Å². The molecule has 0 heterocycles. The minimum Gasteiger partial charge on any atom is -0.381 e. The van der Waals surface area contributed by atoms with Crippen LogP contribution in [0.2, 0.25) is 10.0 Å². The molecule has 4 heteroatoms. The summed E-state index contributed by atoms with van der Waals surface area (Å²) in [6.45, 7) is 6.69. The maximum atomic E-state index is 6.25. The van der Waals surface area contributed by atoms with Crippen molar-refractivity contribution in [2.45, 2.75) is 46.1 Å². The highest BCUT2D eigenvalue weighted by atomic mass is 79.9. The van der Waals surface area contributed by atoms with Gasteiger partial charge in [-0.2, -0.15) is 0 Å². The van der Waals surface area contributed by atoms with Gasteiger partial charge in [-0.05, 0) is 46.8 Å². The lowest BCUT2D eigenvalue weighted by molar-refractivity contribution is 0.462. The van der Waals surface area contributed by atoms with Crippen LogP contribution in [0.1, 0.15) is 40.0 Å². The van der Waals surface area contributed by atoms with Crippen molar-refractivity contribution in [3.05, 3.63) is 26.7 Å². The molecule has 1 N–H and O–H groups in total. The molecule has 0 fully saturated rings. The van der Waals surface area contributed by atoms with E-state index in [4.69, 9.17) is 23.2 Å². The Morgan fingerprint density at radius 2 is 1.83 bits per heavy atom. The lowest BCUT2D eigenvalue weighted by atomic mass is 9.97. The molecule has 0 spiro atoms. The highest BCUT2D eigenvalue weighted by molar-refractivity contribution is 9.10. The number of anilines is 1. The summed E-state index contributed by atoms with van der Waals surface area (Å²) in [5, 5.41) is 4.65. The molecular weight excluding hydrogens is 333 g/mol. The minimum absolute atomic E-state index is 0.440. The fraction of sp³-hybridized carbons (Fsp3) is 0.571. The summed E-state index contributed by atoms with van der Waals surface area (Å²) in [5.74, 6) is 0.715. The molecule has 1 aromatic rings. The Balaban J connectivity index is 2.79. The van der Waals surface area contributed by atoms with Crippen LogP contribution in [-0.4, -0.2) is 6.04 Å². The average Bonchev–Trinajstić information content (AvgIpc) is 2.38. The summed E-state index contributed by atoms with van der Waals surface area (Å²) in [5.41, 5.74) is 0.917. The van der Waals surface area contributed by atoms with Crippen LogP contribution >= 0.6 is 39.1 Å². The molecule has 0 amide bonds. The summed E-state index contributed by atoms with van der Waals surface area (Å²) >= 11 is 15.7. The number of benzene rings is 1. The van der Waals surface area contributed by atoms with Gasteiger partial charge in [0.15, 0.2) is 0 Å². The molecule has 1 rings (SSSR count). The van der Waals surface area contributed by atoms with Gasteiger partial charge < -0.3 is 5.32 Å². The van der Waals surface area contributed by atoms with Gasteiger partial charge >= 0.3 is 0 Å². The third kappa shape index (κ3) is 4.32. The summed E-state index contributed by atoms with van der Waals surface area (Å²) in [4.78, 5) is 0. The van der Waals surface area contributed by atoms with Crippen molar-refractivity contribution < 1.29 is 0 Å². The van der Waals surface area contributed by atoms with Gasteiger partial charge in [-0.3, -0.25) is 0 Å². The van der Waals surface area contributed by atoms with Crippen molar-refractivity contribution in [3.63, 3.8) is 0 Å². The van der Waals surface area contributed by atoms with Crippen molar-refractivity contribution in [1.82, 2.24) is 0 Å². The van der Waals surface area contributed by atoms with E-state index in [9.17, 15) is 0 Å². The van der Waals surface area contributed by atoms with E-state index in [1.165, 1.54) is 6.42 Å². The van der Waals surface area contributed by atoms with Gasteiger partial charge in [-0.25, -0.2) is 0 Å². The SMILES string of the molecule is CCC(C)CC(CC)Nc1ccc(Br)c(Cl)c1Cl. The van der Waals surface area contributed by atoms with Gasteiger partial charge in [0.25, 0.3) is 0 Å². The second-order valence-electron chi connectivity index (χ2n) is 4.72. The molecule has 2 atom stereocenters. The molecule has 0 radical (unpaired) electrons. The van der Waals surface area contributed by atoms with E-state index in [1.54, 1.807) is 0 Å². The number of rotatable bonds is 6. The lowest BCUT2D eigenvalue weighted by Crippen LogP contribution is -2.21. The van der Waals surface area contributed by atoms with Crippen LogP contribution in [0.5, 0.6) is 0 Å². The first-order chi connectivity index (χ1) is 8.49. The largest absolute Gasteiger partial charge is 0.381 e. The molecule has 0 bridgehead atoms. The molecule has 0 saturated heterocycles. The van der Waals surface area contributed by atoms with Crippen LogP contribution in [0.3, 0.4) is 0 Å². The quantitative estimate of drug-likeness (QED) is 0.585. The van der Waals surface area contributed by atoms with Crippen LogP contribution in [0.4, 0.5) is 5.69 Å². The fourth-order valence-electron chi connectivity index (χ4n) is 1.84. The van der Waals surface area contributed by atoms with Crippen molar-refractivity contribution in [2.75, 3.05) is 5.32 Å². The topological polar surface area (TPSA) is 12.0 Å². The van der Waals surface area contributed by atoms with E-state index >= 15 is 0 Å². The van der Waals surface area contributed by atoms with Crippen molar-refractivity contribution in [2.24, 2.45) is 5.92 Å². The summed E-state index contributed by atoms with van der Waals surface area (Å²) in [6, 6.07) is 4.33. The van der Waals surface area contributed by atoms with E-state index in [-0.39, 0.29) is 0 Å². The Kier molecular flexibility index (Phi) is 6.83. The number of hydrogen-bond donors (Lipinski definition) is 1. The second-order valence-corrected chi connectivity index (χ2v) is 6.33.